The van der Waals surface area contributed by atoms with Gasteiger partial charge >= 0.3 is 0 Å². The first kappa shape index (κ1) is 14.1. The van der Waals surface area contributed by atoms with E-state index in [1.165, 1.54) is 25.7 Å². The first-order valence-electron chi connectivity index (χ1n) is 6.87. The molecular formula is C14H21F2N3. The highest BCUT2D eigenvalue weighted by molar-refractivity contribution is 5.54. The second-order valence-electron chi connectivity index (χ2n) is 5.04. The van der Waals surface area contributed by atoms with Crippen molar-refractivity contribution in [3.63, 3.8) is 0 Å². The van der Waals surface area contributed by atoms with Gasteiger partial charge in [-0.3, -0.25) is 0 Å². The molecule has 0 saturated carbocycles. The van der Waals surface area contributed by atoms with Gasteiger partial charge in [-0.05, 0) is 38.1 Å². The van der Waals surface area contributed by atoms with Crippen LogP contribution in [-0.4, -0.2) is 31.1 Å². The first-order valence-corrected chi connectivity index (χ1v) is 6.87. The molecule has 1 aromatic carbocycles. The summed E-state index contributed by atoms with van der Waals surface area (Å²) in [6.45, 7) is 3.50. The number of rotatable bonds is 4. The molecule has 1 aliphatic heterocycles. The van der Waals surface area contributed by atoms with Crippen LogP contribution in [0.1, 0.15) is 25.7 Å². The largest absolute Gasteiger partial charge is 0.399 e. The van der Waals surface area contributed by atoms with E-state index in [9.17, 15) is 8.78 Å². The van der Waals surface area contributed by atoms with Gasteiger partial charge in [0.15, 0.2) is 11.6 Å². The van der Waals surface area contributed by atoms with Gasteiger partial charge in [-0.2, -0.15) is 0 Å². The number of benzene rings is 1. The zero-order chi connectivity index (χ0) is 13.7. The van der Waals surface area contributed by atoms with Crippen LogP contribution in [0.4, 0.5) is 20.2 Å². The summed E-state index contributed by atoms with van der Waals surface area (Å²) in [6.07, 6.45) is 4.99. The molecule has 2 rings (SSSR count). The molecule has 0 amide bonds. The molecule has 106 valence electrons. The third-order valence-corrected chi connectivity index (χ3v) is 3.49. The highest BCUT2D eigenvalue weighted by atomic mass is 19.1. The Morgan fingerprint density at radius 1 is 1.05 bits per heavy atom. The normalized spacial score (nSPS) is 17.2. The number of hydrogen-bond donors (Lipinski definition) is 2. The van der Waals surface area contributed by atoms with Crippen molar-refractivity contribution in [2.24, 2.45) is 0 Å². The second-order valence-corrected chi connectivity index (χ2v) is 5.04. The Kier molecular flexibility index (Phi) is 4.96. The van der Waals surface area contributed by atoms with Crippen molar-refractivity contribution in [1.82, 2.24) is 4.90 Å². The molecule has 0 radical (unpaired) electrons. The Morgan fingerprint density at radius 2 is 1.63 bits per heavy atom. The number of halogens is 2. The summed E-state index contributed by atoms with van der Waals surface area (Å²) >= 11 is 0. The van der Waals surface area contributed by atoms with Crippen LogP contribution in [0.25, 0.3) is 0 Å². The minimum Gasteiger partial charge on any atom is -0.399 e. The SMILES string of the molecule is Nc1cc(F)c(NCCN2CCCCCC2)c(F)c1. The number of nitrogens with one attached hydrogen (secondary N) is 1. The minimum absolute atomic E-state index is 0.0796. The molecule has 5 heteroatoms. The van der Waals surface area contributed by atoms with Gasteiger partial charge in [0.1, 0.15) is 5.69 Å². The minimum atomic E-state index is -0.631. The van der Waals surface area contributed by atoms with Crippen molar-refractivity contribution in [1.29, 1.82) is 0 Å². The van der Waals surface area contributed by atoms with Crippen LogP contribution >= 0.6 is 0 Å². The lowest BCUT2D eigenvalue weighted by molar-refractivity contribution is 0.296. The van der Waals surface area contributed by atoms with Gasteiger partial charge in [0.05, 0.1) is 0 Å². The van der Waals surface area contributed by atoms with E-state index in [-0.39, 0.29) is 11.4 Å². The highest BCUT2D eigenvalue weighted by Gasteiger charge is 2.11. The summed E-state index contributed by atoms with van der Waals surface area (Å²) in [6, 6.07) is 2.27. The van der Waals surface area contributed by atoms with E-state index in [0.29, 0.717) is 6.54 Å². The lowest BCUT2D eigenvalue weighted by atomic mass is 10.2. The standard InChI is InChI=1S/C14H21F2N3/c15-12-9-11(17)10-13(16)14(12)18-5-8-19-6-3-1-2-4-7-19/h9-10,18H,1-8,17H2. The van der Waals surface area contributed by atoms with Gasteiger partial charge < -0.3 is 16.0 Å². The molecule has 1 fully saturated rings. The van der Waals surface area contributed by atoms with Crippen LogP contribution in [0.3, 0.4) is 0 Å². The van der Waals surface area contributed by atoms with E-state index in [2.05, 4.69) is 10.2 Å². The summed E-state index contributed by atoms with van der Waals surface area (Å²) in [7, 11) is 0. The van der Waals surface area contributed by atoms with Gasteiger partial charge in [0.2, 0.25) is 0 Å². The van der Waals surface area contributed by atoms with E-state index < -0.39 is 11.6 Å². The zero-order valence-corrected chi connectivity index (χ0v) is 11.1. The Labute approximate surface area is 112 Å². The van der Waals surface area contributed by atoms with Crippen LogP contribution in [0.15, 0.2) is 12.1 Å². The molecule has 3 nitrogen and oxygen atoms in total. The lowest BCUT2D eigenvalue weighted by Gasteiger charge is -2.20. The van der Waals surface area contributed by atoms with Crippen LogP contribution in [0.2, 0.25) is 0 Å². The number of nitrogens with zero attached hydrogens (tertiary/aromatic N) is 1. The van der Waals surface area contributed by atoms with E-state index in [1.807, 2.05) is 0 Å². The molecule has 0 aliphatic carbocycles. The second kappa shape index (κ2) is 6.70. The van der Waals surface area contributed by atoms with Crippen molar-refractivity contribution in [3.8, 4) is 0 Å². The van der Waals surface area contributed by atoms with Crippen molar-refractivity contribution >= 4 is 11.4 Å². The first-order chi connectivity index (χ1) is 9.16. The zero-order valence-electron chi connectivity index (χ0n) is 11.1. The molecule has 3 N–H and O–H groups in total. The summed E-state index contributed by atoms with van der Waals surface area (Å²) in [4.78, 5) is 2.34. The van der Waals surface area contributed by atoms with Crippen molar-refractivity contribution < 1.29 is 8.78 Å². The van der Waals surface area contributed by atoms with Crippen molar-refractivity contribution in [3.05, 3.63) is 23.8 Å². The van der Waals surface area contributed by atoms with E-state index in [1.54, 1.807) is 0 Å². The Balaban J connectivity index is 1.85. The molecular weight excluding hydrogens is 248 g/mol. The Bertz CT molecular complexity index is 392. The number of anilines is 2. The van der Waals surface area contributed by atoms with Crippen LogP contribution in [0, 0.1) is 11.6 Å². The van der Waals surface area contributed by atoms with Gasteiger partial charge in [-0.25, -0.2) is 8.78 Å². The molecule has 0 spiro atoms. The fourth-order valence-corrected chi connectivity index (χ4v) is 2.46. The number of likely N-dealkylation sites (tertiary alicyclic amines) is 1. The fraction of sp³-hybridized carbons (Fsp3) is 0.571. The monoisotopic (exact) mass is 269 g/mol. The maximum atomic E-state index is 13.5. The van der Waals surface area contributed by atoms with E-state index >= 15 is 0 Å². The number of nitrogen functional groups attached to an aromatic ring is 1. The van der Waals surface area contributed by atoms with Gasteiger partial charge in [0, 0.05) is 18.8 Å². The van der Waals surface area contributed by atoms with Crippen molar-refractivity contribution in [2.75, 3.05) is 37.2 Å². The molecule has 0 bridgehead atoms. The summed E-state index contributed by atoms with van der Waals surface area (Å²) in [5.74, 6) is -1.26. The molecule has 1 aliphatic rings. The third-order valence-electron chi connectivity index (χ3n) is 3.49. The van der Waals surface area contributed by atoms with Gasteiger partial charge in [-0.15, -0.1) is 0 Å². The predicted molar refractivity (Wildman–Crippen MR) is 74.2 cm³/mol. The Hall–Kier alpha value is -1.36. The third kappa shape index (κ3) is 4.06. The molecule has 1 heterocycles. The number of nitrogens with two attached hydrogens (primary N) is 1. The van der Waals surface area contributed by atoms with E-state index in [4.69, 9.17) is 5.73 Å². The highest BCUT2D eigenvalue weighted by Crippen LogP contribution is 2.21. The fourth-order valence-electron chi connectivity index (χ4n) is 2.46. The van der Waals surface area contributed by atoms with Gasteiger partial charge in [0.25, 0.3) is 0 Å². The molecule has 0 aromatic heterocycles. The lowest BCUT2D eigenvalue weighted by Crippen LogP contribution is -2.30. The predicted octanol–water partition coefficient (Wildman–Crippen LogP) is 2.83. The summed E-state index contributed by atoms with van der Waals surface area (Å²) < 4.78 is 27.1. The Morgan fingerprint density at radius 3 is 2.21 bits per heavy atom. The van der Waals surface area contributed by atoms with Gasteiger partial charge in [-0.1, -0.05) is 12.8 Å². The smallest absolute Gasteiger partial charge is 0.151 e. The number of hydrogen-bond acceptors (Lipinski definition) is 3. The van der Waals surface area contributed by atoms with Crippen LogP contribution < -0.4 is 11.1 Å². The molecule has 1 aromatic rings. The summed E-state index contributed by atoms with van der Waals surface area (Å²) in [5, 5.41) is 2.83. The molecule has 0 unspecified atom stereocenters. The maximum absolute atomic E-state index is 13.5. The molecule has 19 heavy (non-hydrogen) atoms. The molecule has 1 saturated heterocycles. The average Bonchev–Trinajstić information content (AvgIpc) is 2.61. The maximum Gasteiger partial charge on any atom is 0.151 e. The van der Waals surface area contributed by atoms with Crippen LogP contribution in [0.5, 0.6) is 0 Å². The van der Waals surface area contributed by atoms with Crippen molar-refractivity contribution in [2.45, 2.75) is 25.7 Å². The average molecular weight is 269 g/mol. The quantitative estimate of drug-likeness (QED) is 0.826. The topological polar surface area (TPSA) is 41.3 Å². The van der Waals surface area contributed by atoms with Crippen LogP contribution in [-0.2, 0) is 0 Å². The molecule has 0 atom stereocenters. The van der Waals surface area contributed by atoms with E-state index in [0.717, 1.165) is 31.8 Å². The summed E-state index contributed by atoms with van der Waals surface area (Å²) in [5.41, 5.74) is 5.40.